The monoisotopic (exact) mass is 259 g/mol. The molecule has 6 nitrogen and oxygen atoms in total. The SMILES string of the molecule is Nc1cn2ccnc2c(N2CC3CCC(O)C3C2)n1. The summed E-state index contributed by atoms with van der Waals surface area (Å²) in [5.74, 6) is 2.29. The number of nitrogen functional groups attached to an aromatic ring is 1. The second-order valence-corrected chi connectivity index (χ2v) is 5.62. The number of anilines is 2. The third-order valence-corrected chi connectivity index (χ3v) is 4.49. The molecule has 0 bridgehead atoms. The minimum atomic E-state index is -0.160. The number of imidazole rings is 1. The Balaban J connectivity index is 1.74. The van der Waals surface area contributed by atoms with Crippen molar-refractivity contribution in [2.24, 2.45) is 11.8 Å². The molecule has 19 heavy (non-hydrogen) atoms. The molecule has 1 aliphatic carbocycles. The molecular formula is C13H17N5O. The Labute approximate surface area is 110 Å². The maximum Gasteiger partial charge on any atom is 0.180 e. The molecule has 1 aliphatic heterocycles. The van der Waals surface area contributed by atoms with Crippen molar-refractivity contribution in [2.75, 3.05) is 23.7 Å². The Bertz CT molecular complexity index is 625. The third-order valence-electron chi connectivity index (χ3n) is 4.49. The lowest BCUT2D eigenvalue weighted by Crippen LogP contribution is -2.26. The highest BCUT2D eigenvalue weighted by Gasteiger charge is 2.42. The third kappa shape index (κ3) is 1.59. The van der Waals surface area contributed by atoms with Gasteiger partial charge in [-0.2, -0.15) is 0 Å². The summed E-state index contributed by atoms with van der Waals surface area (Å²) < 4.78 is 1.90. The van der Waals surface area contributed by atoms with Gasteiger partial charge in [-0.3, -0.25) is 0 Å². The largest absolute Gasteiger partial charge is 0.393 e. The molecule has 2 aromatic heterocycles. The van der Waals surface area contributed by atoms with E-state index < -0.39 is 0 Å². The van der Waals surface area contributed by atoms with Crippen LogP contribution in [0.15, 0.2) is 18.6 Å². The topological polar surface area (TPSA) is 79.7 Å². The van der Waals surface area contributed by atoms with Crippen molar-refractivity contribution in [1.82, 2.24) is 14.4 Å². The number of hydrogen-bond donors (Lipinski definition) is 2. The molecule has 3 heterocycles. The van der Waals surface area contributed by atoms with E-state index in [1.807, 2.05) is 10.6 Å². The summed E-state index contributed by atoms with van der Waals surface area (Å²) in [6, 6.07) is 0. The summed E-state index contributed by atoms with van der Waals surface area (Å²) in [7, 11) is 0. The van der Waals surface area contributed by atoms with Crippen LogP contribution in [0, 0.1) is 11.8 Å². The quantitative estimate of drug-likeness (QED) is 0.780. The van der Waals surface area contributed by atoms with Gasteiger partial charge in [0.1, 0.15) is 5.82 Å². The van der Waals surface area contributed by atoms with Gasteiger partial charge < -0.3 is 20.1 Å². The zero-order valence-electron chi connectivity index (χ0n) is 10.6. The molecule has 2 fully saturated rings. The average Bonchev–Trinajstić information content (AvgIpc) is 3.05. The minimum absolute atomic E-state index is 0.160. The average molecular weight is 259 g/mol. The Hall–Kier alpha value is -1.82. The van der Waals surface area contributed by atoms with Gasteiger partial charge in [0.05, 0.1) is 12.3 Å². The van der Waals surface area contributed by atoms with E-state index in [1.54, 1.807) is 12.4 Å². The summed E-state index contributed by atoms with van der Waals surface area (Å²) in [6.45, 7) is 1.80. The number of aliphatic hydroxyl groups excluding tert-OH is 1. The number of nitrogens with zero attached hydrogens (tertiary/aromatic N) is 4. The zero-order valence-corrected chi connectivity index (χ0v) is 10.6. The first-order valence-corrected chi connectivity index (χ1v) is 6.74. The molecule has 0 spiro atoms. The zero-order chi connectivity index (χ0) is 13.0. The number of fused-ring (bicyclic) bond motifs is 2. The molecule has 1 saturated carbocycles. The van der Waals surface area contributed by atoms with Crippen LogP contribution in [-0.4, -0.2) is 38.7 Å². The van der Waals surface area contributed by atoms with Crippen molar-refractivity contribution < 1.29 is 5.11 Å². The Morgan fingerprint density at radius 2 is 2.21 bits per heavy atom. The maximum atomic E-state index is 10.00. The molecule has 2 aromatic rings. The Morgan fingerprint density at radius 3 is 3.05 bits per heavy atom. The molecule has 1 saturated heterocycles. The highest BCUT2D eigenvalue weighted by Crippen LogP contribution is 2.40. The first kappa shape index (κ1) is 11.0. The minimum Gasteiger partial charge on any atom is -0.393 e. The van der Waals surface area contributed by atoms with E-state index in [9.17, 15) is 5.11 Å². The van der Waals surface area contributed by atoms with E-state index in [2.05, 4.69) is 14.9 Å². The number of aliphatic hydroxyl groups is 1. The lowest BCUT2D eigenvalue weighted by atomic mass is 10.00. The lowest BCUT2D eigenvalue weighted by Gasteiger charge is -2.20. The van der Waals surface area contributed by atoms with E-state index >= 15 is 0 Å². The second-order valence-electron chi connectivity index (χ2n) is 5.62. The van der Waals surface area contributed by atoms with Gasteiger partial charge in [0.2, 0.25) is 0 Å². The summed E-state index contributed by atoms with van der Waals surface area (Å²) in [5.41, 5.74) is 6.70. The fourth-order valence-electron chi connectivity index (χ4n) is 3.56. The second kappa shape index (κ2) is 3.84. The maximum absolute atomic E-state index is 10.00. The molecule has 3 N–H and O–H groups in total. The molecule has 0 aromatic carbocycles. The van der Waals surface area contributed by atoms with Crippen molar-refractivity contribution in [3.05, 3.63) is 18.6 Å². The van der Waals surface area contributed by atoms with Crippen molar-refractivity contribution >= 4 is 17.3 Å². The molecule has 6 heteroatoms. The van der Waals surface area contributed by atoms with Gasteiger partial charge in [-0.1, -0.05) is 0 Å². The van der Waals surface area contributed by atoms with E-state index in [1.165, 1.54) is 0 Å². The predicted molar refractivity (Wildman–Crippen MR) is 71.8 cm³/mol. The summed E-state index contributed by atoms with van der Waals surface area (Å²) in [5, 5.41) is 10.00. The lowest BCUT2D eigenvalue weighted by molar-refractivity contribution is 0.133. The van der Waals surface area contributed by atoms with Gasteiger partial charge in [0.25, 0.3) is 0 Å². The predicted octanol–water partition coefficient (Wildman–Crippen LogP) is 0.519. The fourth-order valence-corrected chi connectivity index (χ4v) is 3.56. The number of aromatic nitrogens is 3. The van der Waals surface area contributed by atoms with Crippen LogP contribution in [0.25, 0.3) is 5.65 Å². The smallest absolute Gasteiger partial charge is 0.180 e. The van der Waals surface area contributed by atoms with Crippen LogP contribution in [0.4, 0.5) is 11.6 Å². The van der Waals surface area contributed by atoms with E-state index in [0.29, 0.717) is 17.7 Å². The van der Waals surface area contributed by atoms with Crippen LogP contribution in [0.5, 0.6) is 0 Å². The molecule has 0 radical (unpaired) electrons. The summed E-state index contributed by atoms with van der Waals surface area (Å²) >= 11 is 0. The molecule has 2 aliphatic rings. The molecule has 100 valence electrons. The normalized spacial score (nSPS) is 30.2. The van der Waals surface area contributed by atoms with Crippen molar-refractivity contribution in [1.29, 1.82) is 0 Å². The molecule has 4 rings (SSSR count). The van der Waals surface area contributed by atoms with Crippen molar-refractivity contribution in [3.8, 4) is 0 Å². The van der Waals surface area contributed by atoms with Crippen LogP contribution in [0.3, 0.4) is 0 Å². The molecule has 0 amide bonds. The van der Waals surface area contributed by atoms with Crippen molar-refractivity contribution in [2.45, 2.75) is 18.9 Å². The standard InChI is InChI=1S/C13H17N5O/c14-11-7-17-4-3-15-12(17)13(16-11)18-5-8-1-2-10(19)9(8)6-18/h3-4,7-10,19H,1-2,5-6,14H2. The first-order chi connectivity index (χ1) is 9.22. The van der Waals surface area contributed by atoms with Gasteiger partial charge >= 0.3 is 0 Å². The summed E-state index contributed by atoms with van der Waals surface area (Å²) in [6.07, 6.45) is 7.29. The first-order valence-electron chi connectivity index (χ1n) is 6.74. The highest BCUT2D eigenvalue weighted by molar-refractivity contribution is 5.66. The molecular weight excluding hydrogens is 242 g/mol. The number of nitrogens with two attached hydrogens (primary N) is 1. The molecule has 3 atom stereocenters. The highest BCUT2D eigenvalue weighted by atomic mass is 16.3. The van der Waals surface area contributed by atoms with Gasteiger partial charge in [0.15, 0.2) is 11.5 Å². The van der Waals surface area contributed by atoms with Gasteiger partial charge in [0, 0.05) is 31.4 Å². The van der Waals surface area contributed by atoms with E-state index in [-0.39, 0.29) is 6.10 Å². The Kier molecular flexibility index (Phi) is 2.23. The van der Waals surface area contributed by atoms with E-state index in [0.717, 1.165) is 37.4 Å². The van der Waals surface area contributed by atoms with Gasteiger partial charge in [-0.25, -0.2) is 9.97 Å². The number of rotatable bonds is 1. The fraction of sp³-hybridized carbons (Fsp3) is 0.538. The Morgan fingerprint density at radius 1 is 1.32 bits per heavy atom. The van der Waals surface area contributed by atoms with Crippen molar-refractivity contribution in [3.63, 3.8) is 0 Å². The molecule has 3 unspecified atom stereocenters. The van der Waals surface area contributed by atoms with Crippen LogP contribution < -0.4 is 10.6 Å². The van der Waals surface area contributed by atoms with Crippen LogP contribution in [0.2, 0.25) is 0 Å². The van der Waals surface area contributed by atoms with Crippen LogP contribution in [-0.2, 0) is 0 Å². The van der Waals surface area contributed by atoms with Crippen LogP contribution in [0.1, 0.15) is 12.8 Å². The van der Waals surface area contributed by atoms with Gasteiger partial charge in [-0.15, -0.1) is 0 Å². The number of hydrogen-bond acceptors (Lipinski definition) is 5. The van der Waals surface area contributed by atoms with E-state index in [4.69, 9.17) is 5.73 Å². The summed E-state index contributed by atoms with van der Waals surface area (Å²) in [4.78, 5) is 11.0. The van der Waals surface area contributed by atoms with Gasteiger partial charge in [-0.05, 0) is 18.8 Å². The van der Waals surface area contributed by atoms with Crippen LogP contribution >= 0.6 is 0 Å².